The van der Waals surface area contributed by atoms with Gasteiger partial charge in [0.2, 0.25) is 0 Å². The van der Waals surface area contributed by atoms with Crippen LogP contribution in [-0.4, -0.2) is 18.5 Å². The molecule has 0 amide bonds. The van der Waals surface area contributed by atoms with Crippen molar-refractivity contribution in [2.24, 2.45) is 5.73 Å². The van der Waals surface area contributed by atoms with Crippen LogP contribution in [0.1, 0.15) is 17.6 Å². The van der Waals surface area contributed by atoms with Gasteiger partial charge < -0.3 is 14.6 Å². The molecule has 2 aromatic heterocycles. The number of hydrogen-bond donors (Lipinski definition) is 1. The first-order valence-electron chi connectivity index (χ1n) is 5.38. The first kappa shape index (κ1) is 12.4. The Morgan fingerprint density at radius 2 is 2.24 bits per heavy atom. The SMILES string of the molecule is CN(Cc1ccco1)C(CN)c1ccc(Br)o1. The van der Waals surface area contributed by atoms with E-state index in [1.807, 2.05) is 31.3 Å². The molecule has 0 aliphatic heterocycles. The largest absolute Gasteiger partial charge is 0.468 e. The predicted molar refractivity (Wildman–Crippen MR) is 68.4 cm³/mol. The van der Waals surface area contributed by atoms with Gasteiger partial charge in [-0.05, 0) is 47.2 Å². The molecule has 0 saturated heterocycles. The second kappa shape index (κ2) is 5.53. The molecule has 0 aliphatic rings. The molecule has 0 aromatic carbocycles. The molecule has 1 unspecified atom stereocenters. The van der Waals surface area contributed by atoms with Gasteiger partial charge in [0.25, 0.3) is 0 Å². The van der Waals surface area contributed by atoms with Gasteiger partial charge in [0.05, 0.1) is 18.8 Å². The van der Waals surface area contributed by atoms with Gasteiger partial charge >= 0.3 is 0 Å². The quantitative estimate of drug-likeness (QED) is 0.922. The van der Waals surface area contributed by atoms with E-state index in [0.717, 1.165) is 16.2 Å². The number of halogens is 1. The van der Waals surface area contributed by atoms with Gasteiger partial charge in [-0.15, -0.1) is 0 Å². The van der Waals surface area contributed by atoms with Gasteiger partial charge in [0.1, 0.15) is 11.5 Å². The van der Waals surface area contributed by atoms with Crippen molar-refractivity contribution < 1.29 is 8.83 Å². The fourth-order valence-corrected chi connectivity index (χ4v) is 2.10. The zero-order valence-electron chi connectivity index (χ0n) is 9.60. The third-order valence-electron chi connectivity index (χ3n) is 2.66. The van der Waals surface area contributed by atoms with Crippen molar-refractivity contribution in [2.45, 2.75) is 12.6 Å². The van der Waals surface area contributed by atoms with Crippen LogP contribution in [0.5, 0.6) is 0 Å². The Morgan fingerprint density at radius 1 is 1.41 bits per heavy atom. The van der Waals surface area contributed by atoms with Crippen molar-refractivity contribution in [1.82, 2.24) is 4.90 Å². The second-order valence-corrected chi connectivity index (χ2v) is 4.67. The molecule has 2 N–H and O–H groups in total. The van der Waals surface area contributed by atoms with E-state index in [4.69, 9.17) is 14.6 Å². The molecule has 0 radical (unpaired) electrons. The highest BCUT2D eigenvalue weighted by molar-refractivity contribution is 9.10. The van der Waals surface area contributed by atoms with Crippen molar-refractivity contribution in [2.75, 3.05) is 13.6 Å². The maximum atomic E-state index is 5.80. The molecule has 0 saturated carbocycles. The fourth-order valence-electron chi connectivity index (χ4n) is 1.78. The average molecular weight is 299 g/mol. The van der Waals surface area contributed by atoms with Crippen molar-refractivity contribution in [3.05, 3.63) is 46.7 Å². The van der Waals surface area contributed by atoms with Gasteiger partial charge in [-0.1, -0.05) is 0 Å². The summed E-state index contributed by atoms with van der Waals surface area (Å²) in [6, 6.07) is 7.68. The first-order valence-corrected chi connectivity index (χ1v) is 6.18. The van der Waals surface area contributed by atoms with Gasteiger partial charge in [-0.2, -0.15) is 0 Å². The highest BCUT2D eigenvalue weighted by Crippen LogP contribution is 2.24. The molecule has 17 heavy (non-hydrogen) atoms. The van der Waals surface area contributed by atoms with E-state index in [1.165, 1.54) is 0 Å². The van der Waals surface area contributed by atoms with E-state index in [-0.39, 0.29) is 6.04 Å². The monoisotopic (exact) mass is 298 g/mol. The lowest BCUT2D eigenvalue weighted by Crippen LogP contribution is -2.29. The number of nitrogens with zero attached hydrogens (tertiary/aromatic N) is 1. The maximum Gasteiger partial charge on any atom is 0.169 e. The Bertz CT molecular complexity index is 453. The minimum absolute atomic E-state index is 0.0476. The molecule has 4 nitrogen and oxygen atoms in total. The van der Waals surface area contributed by atoms with Crippen LogP contribution < -0.4 is 5.73 Å². The number of furan rings is 2. The lowest BCUT2D eigenvalue weighted by atomic mass is 10.2. The van der Waals surface area contributed by atoms with Gasteiger partial charge in [-0.25, -0.2) is 0 Å². The summed E-state index contributed by atoms with van der Waals surface area (Å²) in [6.45, 7) is 1.20. The normalized spacial score (nSPS) is 13.2. The molecule has 0 bridgehead atoms. The zero-order valence-corrected chi connectivity index (χ0v) is 11.2. The minimum Gasteiger partial charge on any atom is -0.468 e. The summed E-state index contributed by atoms with van der Waals surface area (Å²) in [6.07, 6.45) is 1.67. The van der Waals surface area contributed by atoms with Crippen LogP contribution in [0.4, 0.5) is 0 Å². The molecular weight excluding hydrogens is 284 g/mol. The molecule has 1 atom stereocenters. The Labute approximate surface area is 109 Å². The number of rotatable bonds is 5. The number of hydrogen-bond acceptors (Lipinski definition) is 4. The summed E-state index contributed by atoms with van der Waals surface area (Å²) >= 11 is 3.29. The van der Waals surface area contributed by atoms with E-state index in [9.17, 15) is 0 Å². The van der Waals surface area contributed by atoms with E-state index in [2.05, 4.69) is 20.8 Å². The minimum atomic E-state index is 0.0476. The lowest BCUT2D eigenvalue weighted by molar-refractivity contribution is 0.197. The van der Waals surface area contributed by atoms with E-state index in [1.54, 1.807) is 6.26 Å². The van der Waals surface area contributed by atoms with Crippen molar-refractivity contribution >= 4 is 15.9 Å². The molecule has 0 fully saturated rings. The molecule has 0 spiro atoms. The predicted octanol–water partition coefficient (Wildman–Crippen LogP) is 2.77. The van der Waals surface area contributed by atoms with Crippen LogP contribution in [0, 0.1) is 0 Å². The lowest BCUT2D eigenvalue weighted by Gasteiger charge is -2.24. The van der Waals surface area contributed by atoms with Gasteiger partial charge in [-0.3, -0.25) is 4.90 Å². The Morgan fingerprint density at radius 3 is 2.76 bits per heavy atom. The van der Waals surface area contributed by atoms with Crippen LogP contribution in [-0.2, 0) is 6.54 Å². The van der Waals surface area contributed by atoms with E-state index in [0.29, 0.717) is 13.1 Å². The Hall–Kier alpha value is -1.04. The highest BCUT2D eigenvalue weighted by atomic mass is 79.9. The molecule has 92 valence electrons. The number of nitrogens with two attached hydrogens (primary N) is 1. The Balaban J connectivity index is 2.07. The summed E-state index contributed by atoms with van der Waals surface area (Å²) in [5.41, 5.74) is 5.80. The summed E-state index contributed by atoms with van der Waals surface area (Å²) in [5.74, 6) is 1.77. The third-order valence-corrected chi connectivity index (χ3v) is 3.09. The van der Waals surface area contributed by atoms with Crippen LogP contribution in [0.15, 0.2) is 44.0 Å². The first-order chi connectivity index (χ1) is 8.20. The topological polar surface area (TPSA) is 55.5 Å². The van der Waals surface area contributed by atoms with E-state index < -0.39 is 0 Å². The summed E-state index contributed by atoms with van der Waals surface area (Å²) in [4.78, 5) is 2.10. The van der Waals surface area contributed by atoms with Gasteiger partial charge in [0, 0.05) is 6.54 Å². The fraction of sp³-hybridized carbons (Fsp3) is 0.333. The van der Waals surface area contributed by atoms with Crippen molar-refractivity contribution in [3.63, 3.8) is 0 Å². The highest BCUT2D eigenvalue weighted by Gasteiger charge is 2.19. The van der Waals surface area contributed by atoms with Crippen LogP contribution in [0.25, 0.3) is 0 Å². The smallest absolute Gasteiger partial charge is 0.169 e. The van der Waals surface area contributed by atoms with Crippen molar-refractivity contribution in [1.29, 1.82) is 0 Å². The molecule has 5 heteroatoms. The van der Waals surface area contributed by atoms with Crippen molar-refractivity contribution in [3.8, 4) is 0 Å². The molecule has 2 aromatic rings. The Kier molecular flexibility index (Phi) is 4.04. The van der Waals surface area contributed by atoms with Crippen LogP contribution in [0.3, 0.4) is 0 Å². The average Bonchev–Trinajstić information content (AvgIpc) is 2.91. The van der Waals surface area contributed by atoms with E-state index >= 15 is 0 Å². The zero-order chi connectivity index (χ0) is 12.3. The van der Waals surface area contributed by atoms with Gasteiger partial charge in [0.15, 0.2) is 4.67 Å². The third kappa shape index (κ3) is 3.00. The standard InChI is InChI=1S/C12H15BrN2O2/c1-15(8-9-3-2-6-16-9)10(7-14)11-4-5-12(13)17-11/h2-6,10H,7-8,14H2,1H3. The summed E-state index contributed by atoms with van der Waals surface area (Å²) in [7, 11) is 2.00. The van der Waals surface area contributed by atoms with Crippen LogP contribution >= 0.6 is 15.9 Å². The molecular formula is C12H15BrN2O2. The summed E-state index contributed by atoms with van der Waals surface area (Å²) < 4.78 is 11.6. The van der Waals surface area contributed by atoms with Crippen LogP contribution in [0.2, 0.25) is 0 Å². The number of likely N-dealkylation sites (N-methyl/N-ethyl adjacent to an activating group) is 1. The molecule has 2 rings (SSSR count). The maximum absolute atomic E-state index is 5.80. The summed E-state index contributed by atoms with van der Waals surface area (Å²) in [5, 5.41) is 0. The molecule has 2 heterocycles. The second-order valence-electron chi connectivity index (χ2n) is 3.89. The molecule has 0 aliphatic carbocycles.